The van der Waals surface area contributed by atoms with Crippen molar-refractivity contribution in [2.45, 2.75) is 24.7 Å². The Balaban J connectivity index is 1.55. The molecule has 0 radical (unpaired) electrons. The number of morpholine rings is 1. The third-order valence-corrected chi connectivity index (χ3v) is 5.27. The number of benzene rings is 1. The van der Waals surface area contributed by atoms with Crippen LogP contribution in [0.4, 0.5) is 18.9 Å². The van der Waals surface area contributed by atoms with Crippen molar-refractivity contribution in [2.24, 2.45) is 0 Å². The highest BCUT2D eigenvalue weighted by Gasteiger charge is 2.58. The van der Waals surface area contributed by atoms with Crippen LogP contribution in [0, 0.1) is 5.82 Å². The van der Waals surface area contributed by atoms with E-state index < -0.39 is 23.4 Å². The quantitative estimate of drug-likeness (QED) is 0.726. The topological polar surface area (TPSA) is 76.9 Å². The van der Waals surface area contributed by atoms with Crippen LogP contribution in [-0.2, 0) is 25.6 Å². The number of imidazole rings is 1. The molecule has 2 aliphatic heterocycles. The minimum absolute atomic E-state index is 0.107. The molecule has 31 heavy (non-hydrogen) atoms. The molecule has 2 aromatic rings. The molecule has 1 unspecified atom stereocenters. The van der Waals surface area contributed by atoms with E-state index >= 15 is 0 Å². The molecule has 3 heterocycles. The number of carbonyl (C=O) groups excluding carboxylic acids is 2. The van der Waals surface area contributed by atoms with Crippen LogP contribution in [0.15, 0.2) is 43.0 Å². The number of anilines is 1. The molecule has 1 atom stereocenters. The molecule has 11 heteroatoms. The molecule has 4 rings (SSSR count). The molecule has 2 amide bonds. The molecule has 2 aliphatic rings. The Labute approximate surface area is 176 Å². The monoisotopic (exact) mass is 438 g/mol. The molecule has 8 nitrogen and oxygen atoms in total. The van der Waals surface area contributed by atoms with Crippen LogP contribution >= 0.6 is 0 Å². The molecule has 0 bridgehead atoms. The molecule has 0 aliphatic carbocycles. The Morgan fingerprint density at radius 3 is 2.68 bits per heavy atom. The maximum atomic E-state index is 14.6. The zero-order valence-electron chi connectivity index (χ0n) is 16.5. The van der Waals surface area contributed by atoms with E-state index in [0.717, 1.165) is 17.0 Å². The maximum absolute atomic E-state index is 14.6. The van der Waals surface area contributed by atoms with Crippen LogP contribution in [0.5, 0.6) is 0 Å². The third-order valence-electron chi connectivity index (χ3n) is 5.27. The van der Waals surface area contributed by atoms with Gasteiger partial charge in [0.1, 0.15) is 11.4 Å². The standard InChI is InChI=1S/C20H21F3N4O4/c21-15-1-3-16(4-2-15)27-12-19(31-20(22,23)18(27)29)11-26(9-10-30-13-19)17(28)5-7-25-8-6-24-14-25/h1-4,6,8,14H,5,7,9-13H2. The van der Waals surface area contributed by atoms with Gasteiger partial charge in [-0.2, -0.15) is 8.78 Å². The van der Waals surface area contributed by atoms with E-state index in [0.29, 0.717) is 6.54 Å². The highest BCUT2D eigenvalue weighted by atomic mass is 19.3. The fourth-order valence-electron chi connectivity index (χ4n) is 3.77. The van der Waals surface area contributed by atoms with Gasteiger partial charge in [-0.1, -0.05) is 0 Å². The summed E-state index contributed by atoms with van der Waals surface area (Å²) in [5.74, 6) is -2.36. The number of rotatable bonds is 4. The smallest absolute Gasteiger partial charge is 0.376 e. The molecule has 0 N–H and O–H groups in total. The second-order valence-corrected chi connectivity index (χ2v) is 7.59. The van der Waals surface area contributed by atoms with Gasteiger partial charge in [-0.25, -0.2) is 9.37 Å². The number of halogens is 3. The van der Waals surface area contributed by atoms with Crippen molar-refractivity contribution in [1.29, 1.82) is 0 Å². The van der Waals surface area contributed by atoms with Crippen molar-refractivity contribution in [1.82, 2.24) is 14.5 Å². The number of hydrogen-bond donors (Lipinski definition) is 0. The summed E-state index contributed by atoms with van der Waals surface area (Å²) in [6.07, 6.45) is 0.919. The summed E-state index contributed by atoms with van der Waals surface area (Å²) in [5, 5.41) is 0. The van der Waals surface area contributed by atoms with E-state index in [4.69, 9.17) is 9.47 Å². The van der Waals surface area contributed by atoms with E-state index in [2.05, 4.69) is 4.98 Å². The molecule has 2 fully saturated rings. The number of nitrogens with zero attached hydrogens (tertiary/aromatic N) is 4. The Morgan fingerprint density at radius 2 is 1.97 bits per heavy atom. The molecule has 0 saturated carbocycles. The van der Waals surface area contributed by atoms with Crippen molar-refractivity contribution < 1.29 is 32.2 Å². The summed E-state index contributed by atoms with van der Waals surface area (Å²) in [6.45, 7) is 0.0931. The number of amides is 2. The molecule has 1 spiro atoms. The lowest BCUT2D eigenvalue weighted by Gasteiger charge is -2.45. The summed E-state index contributed by atoms with van der Waals surface area (Å²) in [6, 6.07) is 4.65. The van der Waals surface area contributed by atoms with Crippen LogP contribution < -0.4 is 4.90 Å². The van der Waals surface area contributed by atoms with Crippen LogP contribution in [0.25, 0.3) is 0 Å². The van der Waals surface area contributed by atoms with Gasteiger partial charge in [-0.15, -0.1) is 0 Å². The number of hydrogen-bond acceptors (Lipinski definition) is 5. The van der Waals surface area contributed by atoms with Crippen LogP contribution in [0.3, 0.4) is 0 Å². The van der Waals surface area contributed by atoms with Gasteiger partial charge in [0.15, 0.2) is 0 Å². The number of alkyl halides is 2. The van der Waals surface area contributed by atoms with Gasteiger partial charge in [-0.05, 0) is 24.3 Å². The van der Waals surface area contributed by atoms with Crippen molar-refractivity contribution in [2.75, 3.05) is 37.7 Å². The van der Waals surface area contributed by atoms with Crippen LogP contribution in [0.2, 0.25) is 0 Å². The summed E-state index contributed by atoms with van der Waals surface area (Å²) < 4.78 is 54.6. The SMILES string of the molecule is O=C(CCn1ccnc1)N1CCOCC2(C1)CN(c1ccc(F)cc1)C(=O)C(F)(F)O2. The number of ether oxygens (including phenoxy) is 2. The minimum atomic E-state index is -4.12. The van der Waals surface area contributed by atoms with Gasteiger partial charge in [-0.3, -0.25) is 14.3 Å². The maximum Gasteiger partial charge on any atom is 0.437 e. The van der Waals surface area contributed by atoms with Gasteiger partial charge in [0.2, 0.25) is 5.91 Å². The highest BCUT2D eigenvalue weighted by molar-refractivity contribution is 5.98. The van der Waals surface area contributed by atoms with Gasteiger partial charge in [0, 0.05) is 37.6 Å². The van der Waals surface area contributed by atoms with Crippen LogP contribution in [0.1, 0.15) is 6.42 Å². The largest absolute Gasteiger partial charge is 0.437 e. The Hall–Kier alpha value is -2.92. The fourth-order valence-corrected chi connectivity index (χ4v) is 3.77. The second-order valence-electron chi connectivity index (χ2n) is 7.59. The molecular weight excluding hydrogens is 417 g/mol. The highest BCUT2D eigenvalue weighted by Crippen LogP contribution is 2.37. The van der Waals surface area contributed by atoms with E-state index in [9.17, 15) is 22.8 Å². The lowest BCUT2D eigenvalue weighted by molar-refractivity contribution is -0.293. The number of carbonyl (C=O) groups is 2. The van der Waals surface area contributed by atoms with E-state index in [1.165, 1.54) is 17.0 Å². The Morgan fingerprint density at radius 1 is 1.19 bits per heavy atom. The fraction of sp³-hybridized carbons (Fsp3) is 0.450. The van der Waals surface area contributed by atoms with E-state index in [1.54, 1.807) is 23.3 Å². The Kier molecular flexibility index (Phi) is 5.71. The first-order chi connectivity index (χ1) is 14.8. The summed E-state index contributed by atoms with van der Waals surface area (Å²) in [7, 11) is 0. The zero-order valence-corrected chi connectivity index (χ0v) is 16.5. The predicted molar refractivity (Wildman–Crippen MR) is 102 cm³/mol. The summed E-state index contributed by atoms with van der Waals surface area (Å²) in [5.41, 5.74) is -1.52. The van der Waals surface area contributed by atoms with Crippen LogP contribution in [-0.4, -0.2) is 70.8 Å². The van der Waals surface area contributed by atoms with Crippen molar-refractivity contribution in [3.05, 3.63) is 48.8 Å². The molecule has 1 aromatic carbocycles. The first-order valence-corrected chi connectivity index (χ1v) is 9.75. The van der Waals surface area contributed by atoms with Gasteiger partial charge >= 0.3 is 12.0 Å². The summed E-state index contributed by atoms with van der Waals surface area (Å²) in [4.78, 5) is 31.3. The molecule has 166 valence electrons. The number of aryl methyl sites for hydroxylation is 1. The Bertz CT molecular complexity index is 938. The predicted octanol–water partition coefficient (Wildman–Crippen LogP) is 1.67. The van der Waals surface area contributed by atoms with Gasteiger partial charge < -0.3 is 19.1 Å². The van der Waals surface area contributed by atoms with E-state index in [-0.39, 0.29) is 50.9 Å². The number of aromatic nitrogens is 2. The van der Waals surface area contributed by atoms with Gasteiger partial charge in [0.25, 0.3) is 0 Å². The second kappa shape index (κ2) is 8.31. The zero-order chi connectivity index (χ0) is 22.1. The van der Waals surface area contributed by atoms with E-state index in [1.807, 2.05) is 0 Å². The third kappa shape index (κ3) is 4.57. The van der Waals surface area contributed by atoms with Crippen molar-refractivity contribution in [3.63, 3.8) is 0 Å². The average Bonchev–Trinajstić information content (AvgIpc) is 3.17. The van der Waals surface area contributed by atoms with Crippen molar-refractivity contribution >= 4 is 17.5 Å². The first-order valence-electron chi connectivity index (χ1n) is 9.75. The lowest BCUT2D eigenvalue weighted by Crippen LogP contribution is -2.66. The molecule has 2 saturated heterocycles. The average molecular weight is 438 g/mol. The normalized spacial score (nSPS) is 23.8. The van der Waals surface area contributed by atoms with Gasteiger partial charge in [0.05, 0.1) is 32.6 Å². The van der Waals surface area contributed by atoms with Crippen molar-refractivity contribution in [3.8, 4) is 0 Å². The lowest BCUT2D eigenvalue weighted by atomic mass is 10.00. The molecular formula is C20H21F3N4O4. The molecule has 1 aromatic heterocycles. The summed E-state index contributed by atoms with van der Waals surface area (Å²) >= 11 is 0. The minimum Gasteiger partial charge on any atom is -0.376 e. The first kappa shape index (κ1) is 21.3.